The maximum absolute atomic E-state index is 12.1. The summed E-state index contributed by atoms with van der Waals surface area (Å²) in [6, 6.07) is 6.38. The maximum atomic E-state index is 12.1. The highest BCUT2D eigenvalue weighted by molar-refractivity contribution is 5.88. The Morgan fingerprint density at radius 1 is 1.17 bits per heavy atom. The number of nitrogens with zero attached hydrogens (tertiary/aromatic N) is 3. The van der Waals surface area contributed by atoms with E-state index in [1.807, 2.05) is 24.5 Å². The van der Waals surface area contributed by atoms with Crippen LogP contribution in [0.2, 0.25) is 0 Å². The van der Waals surface area contributed by atoms with Gasteiger partial charge < -0.3 is 14.7 Å². The molecule has 0 spiro atoms. The highest BCUT2D eigenvalue weighted by atomic mass is 16.5. The second kappa shape index (κ2) is 12.8. The third-order valence-electron chi connectivity index (χ3n) is 7.07. The molecule has 2 aromatic rings. The minimum atomic E-state index is 0.00946. The molecule has 3 N–H and O–H groups in total. The third-order valence-corrected chi connectivity index (χ3v) is 7.07. The molecule has 0 radical (unpaired) electrons. The van der Waals surface area contributed by atoms with Crippen molar-refractivity contribution in [2.45, 2.75) is 52.4 Å². The van der Waals surface area contributed by atoms with E-state index in [1.54, 1.807) is 5.32 Å². The molecule has 1 aliphatic carbocycles. The number of aliphatic hydroxyl groups is 1. The summed E-state index contributed by atoms with van der Waals surface area (Å²) in [5, 5.41) is 10.5. The second-order valence-electron chi connectivity index (χ2n) is 9.83. The number of hydrogen-bond acceptors (Lipinski definition) is 6. The van der Waals surface area contributed by atoms with Crippen molar-refractivity contribution in [3.05, 3.63) is 65.0 Å². The molecule has 4 rings (SSSR count). The number of piperidine rings is 1. The molecular weight excluding hydrogens is 452 g/mol. The molecule has 2 heterocycles. The molecule has 0 atom stereocenters. The number of carbonyl (C=O) groups excluding carboxylic acids is 1. The van der Waals surface area contributed by atoms with E-state index in [-0.39, 0.29) is 12.5 Å². The number of rotatable bonds is 10. The monoisotopic (exact) mass is 491 g/mol. The normalized spacial score (nSPS) is 16.5. The van der Waals surface area contributed by atoms with Crippen LogP contribution in [0.5, 0.6) is 5.75 Å². The molecule has 192 valence electrons. The molecule has 7 heteroatoms. The van der Waals surface area contributed by atoms with Gasteiger partial charge in [-0.1, -0.05) is 25.5 Å². The van der Waals surface area contributed by atoms with Crippen molar-refractivity contribution < 1.29 is 20.0 Å². The number of amides is 1. The molecule has 1 saturated heterocycles. The predicted octanol–water partition coefficient (Wildman–Crippen LogP) is 3.22. The van der Waals surface area contributed by atoms with Crippen LogP contribution in [-0.4, -0.2) is 53.8 Å². The second-order valence-corrected chi connectivity index (χ2v) is 9.83. The fourth-order valence-electron chi connectivity index (χ4n) is 4.86. The number of anilines is 1. The van der Waals surface area contributed by atoms with E-state index in [1.165, 1.54) is 16.7 Å². The van der Waals surface area contributed by atoms with Crippen LogP contribution in [0.25, 0.3) is 5.57 Å². The first kappa shape index (κ1) is 26.0. The molecule has 7 nitrogen and oxygen atoms in total. The number of allylic oxidation sites excluding steroid dienone is 3. The first-order valence-electron chi connectivity index (χ1n) is 13.2. The lowest BCUT2D eigenvalue weighted by atomic mass is 9.92. The molecule has 0 bridgehead atoms. The third kappa shape index (κ3) is 6.80. The lowest BCUT2D eigenvalue weighted by molar-refractivity contribution is -0.567. The van der Waals surface area contributed by atoms with Gasteiger partial charge in [-0.3, -0.25) is 5.32 Å². The van der Waals surface area contributed by atoms with Crippen molar-refractivity contribution in [1.29, 1.82) is 0 Å². The van der Waals surface area contributed by atoms with Gasteiger partial charge in [-0.2, -0.15) is 0 Å². The molecule has 1 amide bonds. The molecule has 36 heavy (non-hydrogen) atoms. The van der Waals surface area contributed by atoms with Crippen molar-refractivity contribution >= 4 is 17.4 Å². The summed E-state index contributed by atoms with van der Waals surface area (Å²) in [6.45, 7) is 7.34. The Labute approximate surface area is 214 Å². The van der Waals surface area contributed by atoms with Crippen LogP contribution in [0.4, 0.5) is 5.95 Å². The van der Waals surface area contributed by atoms with Crippen LogP contribution >= 0.6 is 0 Å². The number of aliphatic hydroxyl groups excluding tert-OH is 1. The summed E-state index contributed by atoms with van der Waals surface area (Å²) in [5.41, 5.74) is 5.57. The van der Waals surface area contributed by atoms with E-state index in [2.05, 4.69) is 46.9 Å². The van der Waals surface area contributed by atoms with Gasteiger partial charge in [0.2, 0.25) is 5.95 Å². The number of primary amides is 1. The summed E-state index contributed by atoms with van der Waals surface area (Å²) in [4.78, 5) is 23.6. The standard InChI is InChI=1S/C29H38N4O3/c1-3-4-23-18-31-29(32-19-23)33-14-11-22(12-15-33)20-36-27-10-9-26(17-21(27)2)24-5-7-25(8-6-24)28(35)30-13-16-34/h5,7,9-10,17-19,22,34H,3-4,6,8,11-16,20H2,1-2H3,(H,30,35)/p+1. The summed E-state index contributed by atoms with van der Waals surface area (Å²) in [6.07, 6.45) is 13.8. The molecule has 2 aliphatic rings. The van der Waals surface area contributed by atoms with Gasteiger partial charge in [0.15, 0.2) is 0 Å². The van der Waals surface area contributed by atoms with Crippen molar-refractivity contribution in [2.24, 2.45) is 5.92 Å². The van der Waals surface area contributed by atoms with Gasteiger partial charge in [0.25, 0.3) is 0 Å². The molecular formula is C29H39N4O3+. The van der Waals surface area contributed by atoms with Gasteiger partial charge in [-0.15, -0.1) is 0 Å². The number of carbonyl (C=O) groups is 1. The minimum absolute atomic E-state index is 0.00946. The first-order chi connectivity index (χ1) is 17.6. The van der Waals surface area contributed by atoms with Crippen molar-refractivity contribution in [3.8, 4) is 5.75 Å². The number of hydrogen-bond donors (Lipinski definition) is 2. The SMILES string of the molecule is CCCc1cnc(N2CCC(COc3ccc(C4=CC=C(C(=O)[NH2+]CCO)CC4)cc3C)CC2)nc1. The average molecular weight is 492 g/mol. The fraction of sp³-hybridized carbons (Fsp3) is 0.483. The van der Waals surface area contributed by atoms with E-state index in [9.17, 15) is 4.79 Å². The Morgan fingerprint density at radius 2 is 1.94 bits per heavy atom. The Hall–Kier alpha value is -3.03. The number of nitrogens with two attached hydrogens (primary N) is 1. The molecule has 0 unspecified atom stereocenters. The van der Waals surface area contributed by atoms with E-state index >= 15 is 0 Å². The zero-order chi connectivity index (χ0) is 25.3. The van der Waals surface area contributed by atoms with Gasteiger partial charge in [0.05, 0.1) is 18.8 Å². The number of aryl methyl sites for hydroxylation is 2. The van der Waals surface area contributed by atoms with E-state index in [4.69, 9.17) is 9.84 Å². The van der Waals surface area contributed by atoms with E-state index < -0.39 is 0 Å². The zero-order valence-corrected chi connectivity index (χ0v) is 21.6. The molecule has 1 aromatic carbocycles. The summed E-state index contributed by atoms with van der Waals surface area (Å²) in [7, 11) is 0. The number of ether oxygens (including phenoxy) is 1. The lowest BCUT2D eigenvalue weighted by Crippen LogP contribution is -2.89. The highest BCUT2D eigenvalue weighted by Crippen LogP contribution is 2.30. The van der Waals surface area contributed by atoms with Gasteiger partial charge in [0, 0.05) is 25.5 Å². The highest BCUT2D eigenvalue weighted by Gasteiger charge is 2.22. The average Bonchev–Trinajstić information content (AvgIpc) is 2.92. The first-order valence-corrected chi connectivity index (χ1v) is 13.2. The number of benzene rings is 1. The molecule has 1 aliphatic heterocycles. The fourth-order valence-corrected chi connectivity index (χ4v) is 4.86. The van der Waals surface area contributed by atoms with Crippen molar-refractivity contribution in [2.75, 3.05) is 37.7 Å². The van der Waals surface area contributed by atoms with Gasteiger partial charge in [0.1, 0.15) is 12.3 Å². The van der Waals surface area contributed by atoms with Gasteiger partial charge >= 0.3 is 5.91 Å². The van der Waals surface area contributed by atoms with Crippen molar-refractivity contribution in [3.63, 3.8) is 0 Å². The van der Waals surface area contributed by atoms with Crippen LogP contribution in [0, 0.1) is 12.8 Å². The topological polar surface area (TPSA) is 92.2 Å². The largest absolute Gasteiger partial charge is 0.493 e. The van der Waals surface area contributed by atoms with E-state index in [0.717, 1.165) is 81.1 Å². The smallest absolute Gasteiger partial charge is 0.338 e. The lowest BCUT2D eigenvalue weighted by Gasteiger charge is -2.32. The molecule has 1 aromatic heterocycles. The van der Waals surface area contributed by atoms with Crippen LogP contribution in [-0.2, 0) is 11.2 Å². The molecule has 1 fully saturated rings. The molecule has 0 saturated carbocycles. The Kier molecular flexibility index (Phi) is 9.25. The number of quaternary nitrogens is 1. The van der Waals surface area contributed by atoms with Crippen LogP contribution in [0.1, 0.15) is 55.7 Å². The minimum Gasteiger partial charge on any atom is -0.493 e. The maximum Gasteiger partial charge on any atom is 0.338 e. The van der Waals surface area contributed by atoms with Crippen molar-refractivity contribution in [1.82, 2.24) is 9.97 Å². The van der Waals surface area contributed by atoms with Gasteiger partial charge in [-0.25, -0.2) is 14.8 Å². The van der Waals surface area contributed by atoms with Crippen LogP contribution in [0.3, 0.4) is 0 Å². The summed E-state index contributed by atoms with van der Waals surface area (Å²) < 4.78 is 6.24. The van der Waals surface area contributed by atoms with E-state index in [0.29, 0.717) is 12.5 Å². The Morgan fingerprint density at radius 3 is 2.58 bits per heavy atom. The summed E-state index contributed by atoms with van der Waals surface area (Å²) in [5.74, 6) is 2.34. The van der Waals surface area contributed by atoms with Gasteiger partial charge in [-0.05, 0) is 85.4 Å². The quantitative estimate of drug-likeness (QED) is 0.530. The van der Waals surface area contributed by atoms with Crippen LogP contribution in [0.15, 0.2) is 48.3 Å². The Bertz CT molecular complexity index is 1090. The number of aromatic nitrogens is 2. The summed E-state index contributed by atoms with van der Waals surface area (Å²) >= 11 is 0. The predicted molar refractivity (Wildman–Crippen MR) is 142 cm³/mol. The zero-order valence-electron chi connectivity index (χ0n) is 21.6. The van der Waals surface area contributed by atoms with Crippen LogP contribution < -0.4 is 15.0 Å². The Balaban J connectivity index is 1.27.